The molecule has 0 unspecified atom stereocenters. The Hall–Kier alpha value is -2.33. The smallest absolute Gasteiger partial charge is 0.256 e. The van der Waals surface area contributed by atoms with Crippen LogP contribution in [0.2, 0.25) is 0 Å². The molecule has 4 heteroatoms. The first-order valence-electron chi connectivity index (χ1n) is 6.58. The maximum absolute atomic E-state index is 12.5. The summed E-state index contributed by atoms with van der Waals surface area (Å²) in [6, 6.07) is 17.2. The van der Waals surface area contributed by atoms with E-state index in [0.29, 0.717) is 5.56 Å². The Labute approximate surface area is 127 Å². The van der Waals surface area contributed by atoms with Crippen LogP contribution >= 0.6 is 11.8 Å². The van der Waals surface area contributed by atoms with Crippen LogP contribution in [0.25, 0.3) is 10.9 Å². The van der Waals surface area contributed by atoms with E-state index in [1.54, 1.807) is 18.0 Å². The lowest BCUT2D eigenvalue weighted by Crippen LogP contribution is -2.13. The maximum atomic E-state index is 12.5. The lowest BCUT2D eigenvalue weighted by atomic mass is 10.1. The van der Waals surface area contributed by atoms with Crippen molar-refractivity contribution in [2.75, 3.05) is 11.6 Å². The molecule has 21 heavy (non-hydrogen) atoms. The van der Waals surface area contributed by atoms with Gasteiger partial charge in [0.25, 0.3) is 5.91 Å². The minimum absolute atomic E-state index is 0.113. The minimum atomic E-state index is -0.113. The van der Waals surface area contributed by atoms with E-state index in [1.165, 1.54) is 0 Å². The van der Waals surface area contributed by atoms with Crippen LogP contribution in [0.1, 0.15) is 10.4 Å². The fourth-order valence-corrected chi connectivity index (χ4v) is 2.82. The third kappa shape index (κ3) is 2.76. The molecule has 0 atom stereocenters. The molecule has 1 aromatic heterocycles. The molecular weight excluding hydrogens is 280 g/mol. The molecule has 0 aliphatic heterocycles. The van der Waals surface area contributed by atoms with Gasteiger partial charge in [0.15, 0.2) is 0 Å². The van der Waals surface area contributed by atoms with Crippen LogP contribution in [0.15, 0.2) is 65.7 Å². The van der Waals surface area contributed by atoms with E-state index in [-0.39, 0.29) is 5.91 Å². The van der Waals surface area contributed by atoms with Gasteiger partial charge >= 0.3 is 0 Å². The summed E-state index contributed by atoms with van der Waals surface area (Å²) >= 11 is 1.56. The third-order valence-corrected chi connectivity index (χ3v) is 4.03. The molecule has 0 aliphatic rings. The molecule has 104 valence electrons. The second-order valence-corrected chi connectivity index (χ2v) is 5.38. The second kappa shape index (κ2) is 5.97. The summed E-state index contributed by atoms with van der Waals surface area (Å²) in [6.45, 7) is 0. The van der Waals surface area contributed by atoms with E-state index < -0.39 is 0 Å². The average molecular weight is 294 g/mol. The van der Waals surface area contributed by atoms with Crippen LogP contribution < -0.4 is 5.32 Å². The van der Waals surface area contributed by atoms with Crippen LogP contribution in [0.4, 0.5) is 5.69 Å². The highest BCUT2D eigenvalue weighted by molar-refractivity contribution is 7.98. The number of aromatic nitrogens is 1. The molecule has 2 aromatic carbocycles. The number of anilines is 1. The number of carbonyl (C=O) groups excluding carboxylic acids is 1. The minimum Gasteiger partial charge on any atom is -0.320 e. The summed E-state index contributed by atoms with van der Waals surface area (Å²) in [7, 11) is 0. The van der Waals surface area contributed by atoms with Crippen LogP contribution in [0, 0.1) is 0 Å². The number of hydrogen-bond donors (Lipinski definition) is 1. The van der Waals surface area contributed by atoms with Gasteiger partial charge in [-0.15, -0.1) is 11.8 Å². The molecule has 3 aromatic rings. The Morgan fingerprint density at radius 1 is 1.05 bits per heavy atom. The second-order valence-electron chi connectivity index (χ2n) is 4.54. The summed E-state index contributed by atoms with van der Waals surface area (Å²) < 4.78 is 0. The van der Waals surface area contributed by atoms with Gasteiger partial charge in [-0.1, -0.05) is 30.3 Å². The lowest BCUT2D eigenvalue weighted by molar-refractivity contribution is 0.102. The van der Waals surface area contributed by atoms with E-state index >= 15 is 0 Å². The Bertz CT molecular complexity index is 796. The van der Waals surface area contributed by atoms with E-state index in [0.717, 1.165) is 21.5 Å². The number of nitrogens with one attached hydrogen (secondary N) is 1. The number of carbonyl (C=O) groups is 1. The molecule has 1 N–H and O–H groups in total. The normalized spacial score (nSPS) is 10.5. The predicted molar refractivity (Wildman–Crippen MR) is 87.9 cm³/mol. The van der Waals surface area contributed by atoms with E-state index in [4.69, 9.17) is 0 Å². The first kappa shape index (κ1) is 13.6. The van der Waals surface area contributed by atoms with Crippen LogP contribution in [0.5, 0.6) is 0 Å². The van der Waals surface area contributed by atoms with Gasteiger partial charge in [-0.3, -0.25) is 9.78 Å². The van der Waals surface area contributed by atoms with Crippen molar-refractivity contribution >= 4 is 34.3 Å². The quantitative estimate of drug-likeness (QED) is 0.736. The highest BCUT2D eigenvalue weighted by Crippen LogP contribution is 2.24. The topological polar surface area (TPSA) is 42.0 Å². The SMILES string of the molecule is CSc1ccccc1C(=O)Nc1cccc2cccnc12. The molecule has 0 fully saturated rings. The summed E-state index contributed by atoms with van der Waals surface area (Å²) in [5, 5.41) is 3.97. The molecule has 0 bridgehead atoms. The van der Waals surface area contributed by atoms with Crippen molar-refractivity contribution in [2.24, 2.45) is 0 Å². The molecular formula is C17H14N2OS. The third-order valence-electron chi connectivity index (χ3n) is 3.23. The monoisotopic (exact) mass is 294 g/mol. The van der Waals surface area contributed by atoms with Crippen LogP contribution in [-0.2, 0) is 0 Å². The molecule has 0 saturated heterocycles. The average Bonchev–Trinajstić information content (AvgIpc) is 2.55. The van der Waals surface area contributed by atoms with Gasteiger partial charge in [-0.2, -0.15) is 0 Å². The molecule has 0 spiro atoms. The Balaban J connectivity index is 1.97. The highest BCUT2D eigenvalue weighted by Gasteiger charge is 2.12. The summed E-state index contributed by atoms with van der Waals surface area (Å²) in [5.41, 5.74) is 2.21. The van der Waals surface area contributed by atoms with Gasteiger partial charge < -0.3 is 5.32 Å². The van der Waals surface area contributed by atoms with Crippen molar-refractivity contribution in [1.29, 1.82) is 0 Å². The number of hydrogen-bond acceptors (Lipinski definition) is 3. The van der Waals surface area contributed by atoms with Crippen LogP contribution in [-0.4, -0.2) is 17.1 Å². The summed E-state index contributed by atoms with van der Waals surface area (Å²) in [6.07, 6.45) is 3.69. The maximum Gasteiger partial charge on any atom is 0.256 e. The largest absolute Gasteiger partial charge is 0.320 e. The zero-order valence-corrected chi connectivity index (χ0v) is 12.4. The Morgan fingerprint density at radius 2 is 1.86 bits per heavy atom. The number of nitrogens with zero attached hydrogens (tertiary/aromatic N) is 1. The van der Waals surface area contributed by atoms with Crippen LogP contribution in [0.3, 0.4) is 0 Å². The van der Waals surface area contributed by atoms with Gasteiger partial charge in [0.05, 0.1) is 16.8 Å². The molecule has 1 heterocycles. The molecule has 0 saturated carbocycles. The molecule has 3 nitrogen and oxygen atoms in total. The zero-order chi connectivity index (χ0) is 14.7. The molecule has 3 rings (SSSR count). The number of pyridine rings is 1. The number of thioether (sulfide) groups is 1. The van der Waals surface area contributed by atoms with Gasteiger partial charge in [-0.25, -0.2) is 0 Å². The number of rotatable bonds is 3. The Morgan fingerprint density at radius 3 is 2.71 bits per heavy atom. The van der Waals surface area contributed by atoms with E-state index in [1.807, 2.05) is 60.9 Å². The molecule has 1 amide bonds. The van der Waals surface area contributed by atoms with Crippen molar-refractivity contribution in [2.45, 2.75) is 4.90 Å². The standard InChI is InChI=1S/C17H14N2OS/c1-21-15-10-3-2-8-13(15)17(20)19-14-9-4-6-12-7-5-11-18-16(12)14/h2-11H,1H3,(H,19,20). The first-order chi connectivity index (χ1) is 10.3. The van der Waals surface area contributed by atoms with Gasteiger partial charge in [0.2, 0.25) is 0 Å². The van der Waals surface area contributed by atoms with Gasteiger partial charge in [0, 0.05) is 16.5 Å². The van der Waals surface area contributed by atoms with Crippen molar-refractivity contribution in [1.82, 2.24) is 4.98 Å². The van der Waals surface area contributed by atoms with Gasteiger partial charge in [-0.05, 0) is 30.5 Å². The first-order valence-corrected chi connectivity index (χ1v) is 7.80. The fourth-order valence-electron chi connectivity index (χ4n) is 2.23. The number of benzene rings is 2. The zero-order valence-electron chi connectivity index (χ0n) is 11.5. The van der Waals surface area contributed by atoms with Crippen molar-refractivity contribution in [3.63, 3.8) is 0 Å². The van der Waals surface area contributed by atoms with Crippen molar-refractivity contribution < 1.29 is 4.79 Å². The number of amides is 1. The predicted octanol–water partition coefficient (Wildman–Crippen LogP) is 4.21. The number of para-hydroxylation sites is 1. The highest BCUT2D eigenvalue weighted by atomic mass is 32.2. The molecule has 0 aliphatic carbocycles. The van der Waals surface area contributed by atoms with Gasteiger partial charge in [0.1, 0.15) is 0 Å². The Kier molecular flexibility index (Phi) is 3.88. The van der Waals surface area contributed by atoms with E-state index in [2.05, 4.69) is 10.3 Å². The summed E-state index contributed by atoms with van der Waals surface area (Å²) in [5.74, 6) is -0.113. The fraction of sp³-hybridized carbons (Fsp3) is 0.0588. The van der Waals surface area contributed by atoms with Crippen molar-refractivity contribution in [3.05, 3.63) is 66.4 Å². The van der Waals surface area contributed by atoms with E-state index in [9.17, 15) is 4.79 Å². The molecule has 0 radical (unpaired) electrons. The number of fused-ring (bicyclic) bond motifs is 1. The summed E-state index contributed by atoms with van der Waals surface area (Å²) in [4.78, 5) is 17.8. The lowest BCUT2D eigenvalue weighted by Gasteiger charge is -2.10. The van der Waals surface area contributed by atoms with Crippen molar-refractivity contribution in [3.8, 4) is 0 Å².